The molecule has 0 unspecified atom stereocenters. The van der Waals surface area contributed by atoms with Gasteiger partial charge in [0, 0.05) is 5.69 Å². The van der Waals surface area contributed by atoms with Crippen molar-refractivity contribution < 1.29 is 4.79 Å². The van der Waals surface area contributed by atoms with E-state index in [9.17, 15) is 4.79 Å². The molecule has 3 nitrogen and oxygen atoms in total. The first-order chi connectivity index (χ1) is 8.69. The van der Waals surface area contributed by atoms with E-state index in [1.165, 1.54) is 32.1 Å². The van der Waals surface area contributed by atoms with E-state index < -0.39 is 0 Å². The van der Waals surface area contributed by atoms with Gasteiger partial charge >= 0.3 is 0 Å². The predicted octanol–water partition coefficient (Wildman–Crippen LogP) is 3.72. The van der Waals surface area contributed by atoms with Gasteiger partial charge in [-0.05, 0) is 32.6 Å². The zero-order valence-electron chi connectivity index (χ0n) is 11.8. The number of hydrogen-bond acceptors (Lipinski definition) is 2. The number of carbonyl (C=O) groups excluding carboxylic acids is 1. The molecular weight excluding hydrogens is 224 g/mol. The molecule has 2 rings (SSSR count). The lowest BCUT2D eigenvalue weighted by Gasteiger charge is -2.24. The monoisotopic (exact) mass is 248 g/mol. The van der Waals surface area contributed by atoms with E-state index in [-0.39, 0.29) is 5.78 Å². The van der Waals surface area contributed by atoms with Crippen molar-refractivity contribution in [3.63, 3.8) is 0 Å². The van der Waals surface area contributed by atoms with Crippen molar-refractivity contribution in [2.75, 3.05) is 0 Å². The first-order valence-corrected chi connectivity index (χ1v) is 7.30. The summed E-state index contributed by atoms with van der Waals surface area (Å²) in [4.78, 5) is 11.8. The largest absolute Gasteiger partial charge is 0.294 e. The summed E-state index contributed by atoms with van der Waals surface area (Å²) in [6, 6.07) is 0.520. The van der Waals surface area contributed by atoms with E-state index in [0.29, 0.717) is 6.04 Å². The van der Waals surface area contributed by atoms with Gasteiger partial charge in [0.1, 0.15) is 0 Å². The highest BCUT2D eigenvalue weighted by atomic mass is 16.1. The second kappa shape index (κ2) is 5.68. The number of aromatic nitrogens is 2. The van der Waals surface area contributed by atoms with Crippen LogP contribution in [0, 0.1) is 0 Å². The maximum Gasteiger partial charge on any atom is 0.163 e. The highest BCUT2D eigenvalue weighted by molar-refractivity contribution is 5.96. The van der Waals surface area contributed by atoms with Crippen LogP contribution in [0.5, 0.6) is 0 Å². The summed E-state index contributed by atoms with van der Waals surface area (Å²) in [5, 5.41) is 4.74. The van der Waals surface area contributed by atoms with E-state index >= 15 is 0 Å². The van der Waals surface area contributed by atoms with Gasteiger partial charge in [-0.25, -0.2) is 0 Å². The third-order valence-corrected chi connectivity index (χ3v) is 4.02. The third-order valence-electron chi connectivity index (χ3n) is 4.02. The second-order valence-electron chi connectivity index (χ2n) is 5.27. The maximum absolute atomic E-state index is 11.8. The molecule has 0 amide bonds. The minimum atomic E-state index is 0.172. The van der Waals surface area contributed by atoms with Gasteiger partial charge < -0.3 is 0 Å². The topological polar surface area (TPSA) is 34.9 Å². The van der Waals surface area contributed by atoms with Gasteiger partial charge in [0.15, 0.2) is 5.78 Å². The second-order valence-corrected chi connectivity index (χ2v) is 5.27. The van der Waals surface area contributed by atoms with Crippen LogP contribution in [-0.4, -0.2) is 15.6 Å². The summed E-state index contributed by atoms with van der Waals surface area (Å²) in [7, 11) is 0. The lowest BCUT2D eigenvalue weighted by atomic mass is 9.95. The van der Waals surface area contributed by atoms with Gasteiger partial charge in [-0.1, -0.05) is 33.1 Å². The zero-order valence-corrected chi connectivity index (χ0v) is 11.8. The number of Topliss-reactive ketones (excluding diaryl/α,β-unsaturated/α-hetero) is 1. The Kier molecular flexibility index (Phi) is 4.20. The summed E-state index contributed by atoms with van der Waals surface area (Å²) < 4.78 is 2.18. The summed E-state index contributed by atoms with van der Waals surface area (Å²) in [6.45, 7) is 5.88. The SMILES string of the molecule is CCc1nn(C2CCCCC2)c(CC)c1C(C)=O. The average molecular weight is 248 g/mol. The van der Waals surface area contributed by atoms with Crippen molar-refractivity contribution in [1.82, 2.24) is 9.78 Å². The molecule has 3 heteroatoms. The van der Waals surface area contributed by atoms with Gasteiger partial charge in [0.05, 0.1) is 17.3 Å². The minimum Gasteiger partial charge on any atom is -0.294 e. The minimum absolute atomic E-state index is 0.172. The van der Waals surface area contributed by atoms with Crippen LogP contribution in [0.4, 0.5) is 0 Å². The number of rotatable bonds is 4. The fourth-order valence-corrected chi connectivity index (χ4v) is 3.14. The first kappa shape index (κ1) is 13.3. The van der Waals surface area contributed by atoms with Gasteiger partial charge in [-0.15, -0.1) is 0 Å². The van der Waals surface area contributed by atoms with E-state index in [4.69, 9.17) is 5.10 Å². The van der Waals surface area contributed by atoms with Gasteiger partial charge in [0.2, 0.25) is 0 Å². The highest BCUT2D eigenvalue weighted by Gasteiger charge is 2.24. The Morgan fingerprint density at radius 3 is 2.39 bits per heavy atom. The van der Waals surface area contributed by atoms with E-state index in [1.807, 2.05) is 0 Å². The van der Waals surface area contributed by atoms with Crippen LogP contribution in [0.2, 0.25) is 0 Å². The molecule has 0 saturated heterocycles. The zero-order chi connectivity index (χ0) is 13.1. The molecule has 1 aromatic rings. The Balaban J connectivity index is 2.42. The molecule has 0 aromatic carbocycles. The van der Waals surface area contributed by atoms with Crippen LogP contribution in [0.1, 0.15) is 80.7 Å². The van der Waals surface area contributed by atoms with Crippen molar-refractivity contribution >= 4 is 5.78 Å². The normalized spacial score (nSPS) is 17.1. The molecule has 18 heavy (non-hydrogen) atoms. The predicted molar refractivity (Wildman–Crippen MR) is 73.1 cm³/mol. The maximum atomic E-state index is 11.8. The molecule has 0 atom stereocenters. The number of aryl methyl sites for hydroxylation is 1. The third kappa shape index (κ3) is 2.36. The lowest BCUT2D eigenvalue weighted by molar-refractivity contribution is 0.101. The van der Waals surface area contributed by atoms with Crippen LogP contribution in [0.3, 0.4) is 0 Å². The molecule has 0 N–H and O–H groups in total. The van der Waals surface area contributed by atoms with Crippen LogP contribution in [0.15, 0.2) is 0 Å². The summed E-state index contributed by atoms with van der Waals surface area (Å²) in [6.07, 6.45) is 8.12. The van der Waals surface area contributed by atoms with Crippen molar-refractivity contribution in [3.8, 4) is 0 Å². The molecular formula is C15H24N2O. The van der Waals surface area contributed by atoms with Crippen LogP contribution in [0.25, 0.3) is 0 Å². The Bertz CT molecular complexity index is 428. The molecule has 1 heterocycles. The average Bonchev–Trinajstić information content (AvgIpc) is 2.78. The van der Waals surface area contributed by atoms with Crippen molar-refractivity contribution in [2.24, 2.45) is 0 Å². The summed E-state index contributed by atoms with van der Waals surface area (Å²) in [5.74, 6) is 0.172. The Morgan fingerprint density at radius 1 is 1.22 bits per heavy atom. The summed E-state index contributed by atoms with van der Waals surface area (Å²) >= 11 is 0. The van der Waals surface area contributed by atoms with E-state index in [0.717, 1.165) is 29.8 Å². The van der Waals surface area contributed by atoms with E-state index in [1.54, 1.807) is 6.92 Å². The molecule has 1 aliphatic rings. The Morgan fingerprint density at radius 2 is 1.89 bits per heavy atom. The Hall–Kier alpha value is -1.12. The standard InChI is InChI=1S/C15H24N2O/c1-4-13-15(11(3)18)14(5-2)17(16-13)12-9-7-6-8-10-12/h12H,4-10H2,1-3H3. The van der Waals surface area contributed by atoms with Crippen molar-refractivity contribution in [2.45, 2.75) is 71.8 Å². The van der Waals surface area contributed by atoms with Crippen LogP contribution >= 0.6 is 0 Å². The quantitative estimate of drug-likeness (QED) is 0.761. The van der Waals surface area contributed by atoms with Gasteiger partial charge in [0.25, 0.3) is 0 Å². The number of nitrogens with zero attached hydrogens (tertiary/aromatic N) is 2. The van der Waals surface area contributed by atoms with Gasteiger partial charge in [-0.2, -0.15) is 5.10 Å². The number of ketones is 1. The Labute approximate surface area is 110 Å². The first-order valence-electron chi connectivity index (χ1n) is 7.30. The molecule has 0 aliphatic heterocycles. The smallest absolute Gasteiger partial charge is 0.163 e. The molecule has 1 aliphatic carbocycles. The molecule has 1 saturated carbocycles. The molecule has 100 valence electrons. The number of hydrogen-bond donors (Lipinski definition) is 0. The number of carbonyl (C=O) groups is 1. The van der Waals surface area contributed by atoms with Gasteiger partial charge in [-0.3, -0.25) is 9.48 Å². The molecule has 1 fully saturated rings. The fourth-order valence-electron chi connectivity index (χ4n) is 3.14. The molecule has 0 bridgehead atoms. The molecule has 0 spiro atoms. The van der Waals surface area contributed by atoms with Crippen LogP contribution in [-0.2, 0) is 12.8 Å². The van der Waals surface area contributed by atoms with Crippen molar-refractivity contribution in [1.29, 1.82) is 0 Å². The fraction of sp³-hybridized carbons (Fsp3) is 0.733. The van der Waals surface area contributed by atoms with E-state index in [2.05, 4.69) is 18.5 Å². The van der Waals surface area contributed by atoms with Crippen molar-refractivity contribution in [3.05, 3.63) is 17.0 Å². The molecule has 1 aromatic heterocycles. The van der Waals surface area contributed by atoms with Crippen LogP contribution < -0.4 is 0 Å². The summed E-state index contributed by atoms with van der Waals surface area (Å²) in [5.41, 5.74) is 3.04. The highest BCUT2D eigenvalue weighted by Crippen LogP contribution is 2.31. The lowest BCUT2D eigenvalue weighted by Crippen LogP contribution is -2.17. The molecule has 0 radical (unpaired) electrons.